The number of hydrogen-bond donors (Lipinski definition) is 1. The third kappa shape index (κ3) is 2.20. The van der Waals surface area contributed by atoms with Crippen LogP contribution in [0.1, 0.15) is 18.2 Å². The van der Waals surface area contributed by atoms with Crippen LogP contribution in [0.2, 0.25) is 0 Å². The van der Waals surface area contributed by atoms with Crippen LogP contribution in [0, 0.1) is 6.92 Å². The van der Waals surface area contributed by atoms with Gasteiger partial charge in [-0.3, -0.25) is 4.79 Å². The number of fused-ring (bicyclic) bond motifs is 1. The average molecular weight is 229 g/mol. The summed E-state index contributed by atoms with van der Waals surface area (Å²) in [6.45, 7) is 4.84. The molecule has 2 heterocycles. The van der Waals surface area contributed by atoms with Crippen LogP contribution in [0.25, 0.3) is 5.57 Å². The lowest BCUT2D eigenvalue weighted by Crippen LogP contribution is -2.21. The summed E-state index contributed by atoms with van der Waals surface area (Å²) in [6, 6.07) is 3.90. The van der Waals surface area contributed by atoms with Gasteiger partial charge in [0, 0.05) is 30.1 Å². The van der Waals surface area contributed by atoms with Gasteiger partial charge in [0.15, 0.2) is 0 Å². The number of rotatable bonds is 2. The molecule has 0 saturated carbocycles. The monoisotopic (exact) mass is 229 g/mol. The number of nitrogens with zero attached hydrogens (tertiary/aromatic N) is 2. The molecule has 1 amide bonds. The second-order valence-corrected chi connectivity index (χ2v) is 3.93. The van der Waals surface area contributed by atoms with E-state index in [1.54, 1.807) is 0 Å². The van der Waals surface area contributed by atoms with E-state index in [4.69, 9.17) is 5.73 Å². The maximum absolute atomic E-state index is 11.0. The van der Waals surface area contributed by atoms with Crippen molar-refractivity contribution in [2.24, 2.45) is 5.73 Å². The third-order valence-corrected chi connectivity index (χ3v) is 2.67. The van der Waals surface area contributed by atoms with Crippen molar-refractivity contribution in [3.8, 4) is 0 Å². The van der Waals surface area contributed by atoms with Gasteiger partial charge in [-0.05, 0) is 37.6 Å². The number of nitrogens with two attached hydrogens (primary N) is 1. The lowest BCUT2D eigenvalue weighted by molar-refractivity contribution is -0.113. The zero-order chi connectivity index (χ0) is 12.4. The predicted molar refractivity (Wildman–Crippen MR) is 68.3 cm³/mol. The lowest BCUT2D eigenvalue weighted by atomic mass is 10.0. The molecule has 0 atom stereocenters. The molecule has 0 aliphatic carbocycles. The number of amides is 1. The number of aromatic nitrogens is 1. The first-order valence-corrected chi connectivity index (χ1v) is 5.56. The van der Waals surface area contributed by atoms with Crippen LogP contribution in [0.5, 0.6) is 0 Å². The molecule has 1 aliphatic heterocycles. The molecule has 0 fully saturated rings. The van der Waals surface area contributed by atoms with Crippen molar-refractivity contribution >= 4 is 17.3 Å². The molecule has 1 aromatic rings. The minimum Gasteiger partial charge on any atom is -0.366 e. The van der Waals surface area contributed by atoms with Crippen molar-refractivity contribution in [3.63, 3.8) is 0 Å². The Labute approximate surface area is 100 Å². The summed E-state index contributed by atoms with van der Waals surface area (Å²) in [4.78, 5) is 17.5. The van der Waals surface area contributed by atoms with E-state index in [-0.39, 0.29) is 0 Å². The highest BCUT2D eigenvalue weighted by Gasteiger charge is 2.17. The standard InChI is InChI=1S/C13H15N3O/c1-3-16-7-6-10(8-12(14)17)11-5-4-9(2)15-13(11)16/h4-8H,3H2,1-2H3,(H2,14,17)/b10-8-. The number of carbonyl (C=O) groups excluding carboxylic acids is 1. The second-order valence-electron chi connectivity index (χ2n) is 3.93. The maximum atomic E-state index is 11.0. The predicted octanol–water partition coefficient (Wildman–Crippen LogP) is 1.61. The summed E-state index contributed by atoms with van der Waals surface area (Å²) in [5.41, 5.74) is 7.90. The van der Waals surface area contributed by atoms with E-state index in [1.165, 1.54) is 6.08 Å². The molecule has 1 aliphatic rings. The minimum absolute atomic E-state index is 0.443. The van der Waals surface area contributed by atoms with Gasteiger partial charge in [0.2, 0.25) is 5.91 Å². The van der Waals surface area contributed by atoms with E-state index >= 15 is 0 Å². The first-order chi connectivity index (χ1) is 8.11. The quantitative estimate of drug-likeness (QED) is 0.784. The number of allylic oxidation sites excluding steroid dienone is 2. The van der Waals surface area contributed by atoms with Gasteiger partial charge < -0.3 is 10.6 Å². The van der Waals surface area contributed by atoms with Crippen LogP contribution in [-0.4, -0.2) is 17.4 Å². The third-order valence-electron chi connectivity index (χ3n) is 2.67. The number of carbonyl (C=O) groups is 1. The van der Waals surface area contributed by atoms with Gasteiger partial charge >= 0.3 is 0 Å². The minimum atomic E-state index is -0.443. The highest BCUT2D eigenvalue weighted by Crippen LogP contribution is 2.30. The molecule has 0 radical (unpaired) electrons. The van der Waals surface area contributed by atoms with Crippen molar-refractivity contribution < 1.29 is 4.79 Å². The summed E-state index contributed by atoms with van der Waals surface area (Å²) in [7, 11) is 0. The fraction of sp³-hybridized carbons (Fsp3) is 0.231. The fourth-order valence-electron chi connectivity index (χ4n) is 1.85. The van der Waals surface area contributed by atoms with E-state index < -0.39 is 5.91 Å². The first kappa shape index (κ1) is 11.4. The van der Waals surface area contributed by atoms with Crippen molar-refractivity contribution in [2.75, 3.05) is 11.4 Å². The summed E-state index contributed by atoms with van der Waals surface area (Å²) >= 11 is 0. The van der Waals surface area contributed by atoms with Crippen LogP contribution in [0.3, 0.4) is 0 Å². The maximum Gasteiger partial charge on any atom is 0.242 e. The van der Waals surface area contributed by atoms with Crippen LogP contribution in [-0.2, 0) is 4.79 Å². The second kappa shape index (κ2) is 4.41. The SMILES string of the molecule is CCN1C=C/C(=C/C(N)=O)c2ccc(C)nc21. The molecule has 2 rings (SSSR count). The largest absolute Gasteiger partial charge is 0.366 e. The van der Waals surface area contributed by atoms with Crippen LogP contribution in [0.4, 0.5) is 5.82 Å². The molecule has 0 aromatic carbocycles. The van der Waals surface area contributed by atoms with E-state index in [2.05, 4.69) is 11.9 Å². The Balaban J connectivity index is 2.56. The summed E-state index contributed by atoms with van der Waals surface area (Å²) in [5.74, 6) is 0.434. The summed E-state index contributed by atoms with van der Waals surface area (Å²) < 4.78 is 0. The zero-order valence-corrected chi connectivity index (χ0v) is 9.97. The number of primary amides is 1. The molecule has 0 saturated heterocycles. The fourth-order valence-corrected chi connectivity index (χ4v) is 1.85. The van der Waals surface area contributed by atoms with Crippen molar-refractivity contribution in [2.45, 2.75) is 13.8 Å². The number of anilines is 1. The molecule has 17 heavy (non-hydrogen) atoms. The van der Waals surface area contributed by atoms with E-state index in [0.29, 0.717) is 0 Å². The van der Waals surface area contributed by atoms with Crippen LogP contribution in [0.15, 0.2) is 30.5 Å². The van der Waals surface area contributed by atoms with Gasteiger partial charge in [-0.1, -0.05) is 0 Å². The normalized spacial score (nSPS) is 16.1. The molecule has 88 valence electrons. The van der Waals surface area contributed by atoms with E-state index in [1.807, 2.05) is 36.2 Å². The Hall–Kier alpha value is -2.10. The van der Waals surface area contributed by atoms with Gasteiger partial charge in [-0.25, -0.2) is 4.98 Å². The Morgan fingerprint density at radius 2 is 2.29 bits per heavy atom. The Bertz CT molecular complexity index is 517. The Kier molecular flexibility index (Phi) is 2.95. The van der Waals surface area contributed by atoms with Crippen molar-refractivity contribution in [1.82, 2.24) is 4.98 Å². The Morgan fingerprint density at radius 1 is 1.53 bits per heavy atom. The smallest absolute Gasteiger partial charge is 0.242 e. The van der Waals surface area contributed by atoms with Gasteiger partial charge in [0.25, 0.3) is 0 Å². The number of aryl methyl sites for hydroxylation is 1. The van der Waals surface area contributed by atoms with E-state index in [9.17, 15) is 4.79 Å². The molecule has 0 unspecified atom stereocenters. The molecule has 1 aromatic heterocycles. The van der Waals surface area contributed by atoms with Crippen molar-refractivity contribution in [3.05, 3.63) is 41.7 Å². The van der Waals surface area contributed by atoms with Crippen LogP contribution < -0.4 is 10.6 Å². The molecule has 4 nitrogen and oxygen atoms in total. The van der Waals surface area contributed by atoms with Gasteiger partial charge in [0.1, 0.15) is 5.82 Å². The topological polar surface area (TPSA) is 59.2 Å². The first-order valence-electron chi connectivity index (χ1n) is 5.56. The average Bonchev–Trinajstić information content (AvgIpc) is 2.28. The lowest BCUT2D eigenvalue weighted by Gasteiger charge is -2.25. The van der Waals surface area contributed by atoms with Gasteiger partial charge in [-0.2, -0.15) is 0 Å². The molecular weight excluding hydrogens is 214 g/mol. The van der Waals surface area contributed by atoms with Crippen LogP contribution >= 0.6 is 0 Å². The summed E-state index contributed by atoms with van der Waals surface area (Å²) in [6.07, 6.45) is 5.23. The van der Waals surface area contributed by atoms with Gasteiger partial charge in [-0.15, -0.1) is 0 Å². The molecule has 4 heteroatoms. The Morgan fingerprint density at radius 3 is 2.94 bits per heavy atom. The van der Waals surface area contributed by atoms with Gasteiger partial charge in [0.05, 0.1) is 0 Å². The summed E-state index contributed by atoms with van der Waals surface area (Å²) in [5, 5.41) is 0. The highest BCUT2D eigenvalue weighted by atomic mass is 16.1. The van der Waals surface area contributed by atoms with Crippen molar-refractivity contribution in [1.29, 1.82) is 0 Å². The number of hydrogen-bond acceptors (Lipinski definition) is 3. The highest BCUT2D eigenvalue weighted by molar-refractivity contribution is 5.99. The zero-order valence-electron chi connectivity index (χ0n) is 9.97. The molecular formula is C13H15N3O. The van der Waals surface area contributed by atoms with E-state index in [0.717, 1.165) is 29.2 Å². The molecule has 0 bridgehead atoms. The molecule has 2 N–H and O–H groups in total. The number of pyridine rings is 1. The molecule has 0 spiro atoms.